The van der Waals surface area contributed by atoms with Gasteiger partial charge in [-0.25, -0.2) is 0 Å². The number of carbonyl (C=O) groups excluding carboxylic acids is 1. The molecule has 1 atom stereocenters. The molecule has 112 valence electrons. The lowest BCUT2D eigenvalue weighted by Crippen LogP contribution is -2.37. The van der Waals surface area contributed by atoms with Crippen molar-refractivity contribution in [2.45, 2.75) is 47.6 Å². The molecule has 1 aromatic carbocycles. The zero-order valence-electron chi connectivity index (χ0n) is 13.6. The molecule has 1 unspecified atom stereocenters. The Balaban J connectivity index is 2.59. The van der Waals surface area contributed by atoms with Crippen molar-refractivity contribution < 1.29 is 4.79 Å². The third-order valence-electron chi connectivity index (χ3n) is 3.45. The Morgan fingerprint density at radius 2 is 1.65 bits per heavy atom. The van der Waals surface area contributed by atoms with Gasteiger partial charge in [-0.1, -0.05) is 31.5 Å². The predicted molar refractivity (Wildman–Crippen MR) is 84.9 cm³/mol. The van der Waals surface area contributed by atoms with Gasteiger partial charge in [0.1, 0.15) is 0 Å². The van der Waals surface area contributed by atoms with E-state index in [9.17, 15) is 4.79 Å². The minimum atomic E-state index is 0.0629. The van der Waals surface area contributed by atoms with Crippen molar-refractivity contribution in [3.63, 3.8) is 0 Å². The molecule has 1 aromatic rings. The molecular formula is C17H28N2O. The molecule has 0 radical (unpaired) electrons. The number of amides is 1. The van der Waals surface area contributed by atoms with Gasteiger partial charge in [0.2, 0.25) is 5.91 Å². The Morgan fingerprint density at radius 1 is 1.10 bits per heavy atom. The number of nitrogens with one attached hydrogen (secondary N) is 2. The second-order valence-corrected chi connectivity index (χ2v) is 6.11. The highest BCUT2D eigenvalue weighted by Gasteiger charge is 2.13. The van der Waals surface area contributed by atoms with Gasteiger partial charge in [-0.15, -0.1) is 0 Å². The first kappa shape index (κ1) is 16.7. The van der Waals surface area contributed by atoms with Gasteiger partial charge in [0.15, 0.2) is 0 Å². The summed E-state index contributed by atoms with van der Waals surface area (Å²) in [5.41, 5.74) is 5.15. The van der Waals surface area contributed by atoms with Gasteiger partial charge >= 0.3 is 0 Å². The zero-order valence-corrected chi connectivity index (χ0v) is 13.6. The van der Waals surface area contributed by atoms with E-state index in [0.29, 0.717) is 12.5 Å². The van der Waals surface area contributed by atoms with Crippen LogP contribution < -0.4 is 10.6 Å². The SMILES string of the molecule is Cc1cc(C)c(C(C)NCC(=O)NCC(C)C)c(C)c1. The second kappa shape index (κ2) is 7.44. The standard InChI is InChI=1S/C17H28N2O/c1-11(2)9-19-16(20)10-18-15(6)17-13(4)7-12(3)8-14(17)5/h7-8,11,15,18H,9-10H2,1-6H3,(H,19,20). The molecule has 0 aliphatic heterocycles. The molecule has 3 nitrogen and oxygen atoms in total. The van der Waals surface area contributed by atoms with Crippen LogP contribution in [-0.4, -0.2) is 19.0 Å². The molecule has 0 spiro atoms. The highest BCUT2D eigenvalue weighted by atomic mass is 16.1. The van der Waals surface area contributed by atoms with E-state index in [-0.39, 0.29) is 11.9 Å². The number of hydrogen-bond donors (Lipinski definition) is 2. The fourth-order valence-electron chi connectivity index (χ4n) is 2.60. The Labute approximate surface area is 123 Å². The van der Waals surface area contributed by atoms with Gasteiger partial charge < -0.3 is 10.6 Å². The van der Waals surface area contributed by atoms with Gasteiger partial charge in [0, 0.05) is 12.6 Å². The van der Waals surface area contributed by atoms with Crippen molar-refractivity contribution in [3.8, 4) is 0 Å². The minimum Gasteiger partial charge on any atom is -0.355 e. The van der Waals surface area contributed by atoms with Crippen molar-refractivity contribution in [1.29, 1.82) is 0 Å². The van der Waals surface area contributed by atoms with Crippen molar-refractivity contribution in [2.75, 3.05) is 13.1 Å². The summed E-state index contributed by atoms with van der Waals surface area (Å²) in [6.45, 7) is 13.8. The topological polar surface area (TPSA) is 41.1 Å². The normalized spacial score (nSPS) is 12.6. The number of rotatable bonds is 6. The number of benzene rings is 1. The van der Waals surface area contributed by atoms with Crippen LogP contribution in [0.5, 0.6) is 0 Å². The van der Waals surface area contributed by atoms with Gasteiger partial charge in [-0.05, 0) is 50.3 Å². The largest absolute Gasteiger partial charge is 0.355 e. The van der Waals surface area contributed by atoms with Crippen LogP contribution in [0.4, 0.5) is 0 Å². The molecule has 0 bridgehead atoms. The van der Waals surface area contributed by atoms with Crippen LogP contribution in [0.2, 0.25) is 0 Å². The van der Waals surface area contributed by atoms with Gasteiger partial charge in [0.25, 0.3) is 0 Å². The fraction of sp³-hybridized carbons (Fsp3) is 0.588. The van der Waals surface area contributed by atoms with Crippen LogP contribution in [0, 0.1) is 26.7 Å². The Morgan fingerprint density at radius 3 is 2.15 bits per heavy atom. The Kier molecular flexibility index (Phi) is 6.21. The molecule has 1 rings (SSSR count). The summed E-state index contributed by atoms with van der Waals surface area (Å²) in [5.74, 6) is 0.547. The summed E-state index contributed by atoms with van der Waals surface area (Å²) >= 11 is 0. The first-order valence-corrected chi connectivity index (χ1v) is 7.39. The van der Waals surface area contributed by atoms with E-state index in [0.717, 1.165) is 6.54 Å². The van der Waals surface area contributed by atoms with E-state index in [2.05, 4.69) is 64.3 Å². The average Bonchev–Trinajstić information content (AvgIpc) is 2.32. The Bertz CT molecular complexity index is 443. The van der Waals surface area contributed by atoms with E-state index in [1.54, 1.807) is 0 Å². The van der Waals surface area contributed by atoms with Crippen molar-refractivity contribution in [2.24, 2.45) is 5.92 Å². The van der Waals surface area contributed by atoms with Gasteiger partial charge in [-0.2, -0.15) is 0 Å². The summed E-state index contributed by atoms with van der Waals surface area (Å²) in [5, 5.41) is 6.24. The number of hydrogen-bond acceptors (Lipinski definition) is 2. The molecule has 0 saturated carbocycles. The highest BCUT2D eigenvalue weighted by Crippen LogP contribution is 2.23. The summed E-state index contributed by atoms with van der Waals surface area (Å²) in [6.07, 6.45) is 0. The fourth-order valence-corrected chi connectivity index (χ4v) is 2.60. The first-order chi connectivity index (χ1) is 9.31. The number of aryl methyl sites for hydroxylation is 3. The minimum absolute atomic E-state index is 0.0629. The second-order valence-electron chi connectivity index (χ2n) is 6.11. The highest BCUT2D eigenvalue weighted by molar-refractivity contribution is 5.78. The van der Waals surface area contributed by atoms with E-state index in [1.165, 1.54) is 22.3 Å². The average molecular weight is 276 g/mol. The van der Waals surface area contributed by atoms with E-state index in [1.807, 2.05) is 0 Å². The molecule has 0 fully saturated rings. The molecule has 1 amide bonds. The van der Waals surface area contributed by atoms with Crippen molar-refractivity contribution in [3.05, 3.63) is 34.4 Å². The van der Waals surface area contributed by atoms with Crippen molar-refractivity contribution in [1.82, 2.24) is 10.6 Å². The van der Waals surface area contributed by atoms with Crippen LogP contribution in [0.25, 0.3) is 0 Å². The lowest BCUT2D eigenvalue weighted by molar-refractivity contribution is -0.120. The van der Waals surface area contributed by atoms with Gasteiger partial charge in [-0.3, -0.25) is 4.79 Å². The molecule has 0 aliphatic rings. The lowest BCUT2D eigenvalue weighted by atomic mass is 9.95. The third kappa shape index (κ3) is 4.97. The van der Waals surface area contributed by atoms with Gasteiger partial charge in [0.05, 0.1) is 6.54 Å². The molecule has 20 heavy (non-hydrogen) atoms. The molecule has 0 saturated heterocycles. The maximum Gasteiger partial charge on any atom is 0.233 e. The monoisotopic (exact) mass is 276 g/mol. The summed E-state index contributed by atoms with van der Waals surface area (Å²) < 4.78 is 0. The molecule has 0 heterocycles. The number of carbonyl (C=O) groups is 1. The summed E-state index contributed by atoms with van der Waals surface area (Å²) in [7, 11) is 0. The first-order valence-electron chi connectivity index (χ1n) is 7.39. The van der Waals surface area contributed by atoms with Crippen LogP contribution >= 0.6 is 0 Å². The van der Waals surface area contributed by atoms with E-state index < -0.39 is 0 Å². The quantitative estimate of drug-likeness (QED) is 0.838. The van der Waals surface area contributed by atoms with Crippen LogP contribution in [-0.2, 0) is 4.79 Å². The smallest absolute Gasteiger partial charge is 0.233 e. The summed E-state index contributed by atoms with van der Waals surface area (Å²) in [6, 6.07) is 4.57. The van der Waals surface area contributed by atoms with Crippen LogP contribution in [0.15, 0.2) is 12.1 Å². The third-order valence-corrected chi connectivity index (χ3v) is 3.45. The summed E-state index contributed by atoms with van der Waals surface area (Å²) in [4.78, 5) is 11.7. The maximum absolute atomic E-state index is 11.7. The molecular weight excluding hydrogens is 248 g/mol. The van der Waals surface area contributed by atoms with Crippen LogP contribution in [0.1, 0.15) is 49.1 Å². The molecule has 0 aromatic heterocycles. The van der Waals surface area contributed by atoms with Crippen LogP contribution in [0.3, 0.4) is 0 Å². The molecule has 3 heteroatoms. The van der Waals surface area contributed by atoms with Crippen molar-refractivity contribution >= 4 is 5.91 Å². The maximum atomic E-state index is 11.7. The predicted octanol–water partition coefficient (Wildman–Crippen LogP) is 3.03. The molecule has 2 N–H and O–H groups in total. The molecule has 0 aliphatic carbocycles. The lowest BCUT2D eigenvalue weighted by Gasteiger charge is -2.20. The zero-order chi connectivity index (χ0) is 15.3. The van der Waals surface area contributed by atoms with E-state index >= 15 is 0 Å². The Hall–Kier alpha value is -1.35. The van der Waals surface area contributed by atoms with E-state index in [4.69, 9.17) is 0 Å².